The maximum absolute atomic E-state index is 11.8. The van der Waals surface area contributed by atoms with E-state index in [0.717, 1.165) is 38.6 Å². The molecule has 0 amide bonds. The molecule has 1 aliphatic rings. The molecule has 1 aromatic rings. The Hall–Kier alpha value is -2.08. The third-order valence-corrected chi connectivity index (χ3v) is 8.18. The maximum atomic E-state index is 11.8. The number of carbonyl (C=O) groups is 2. The Kier molecular flexibility index (Phi) is 15.4. The molecule has 6 heteroatoms. The normalized spacial score (nSPS) is 15.0. The summed E-state index contributed by atoms with van der Waals surface area (Å²) in [6, 6.07) is 7.46. The Morgan fingerprint density at radius 1 is 0.846 bits per heavy atom. The average Bonchev–Trinajstić information content (AvgIpc) is 3.30. The molecule has 0 atom stereocenters. The molecule has 2 rings (SSSR count). The van der Waals surface area contributed by atoms with Crippen LogP contribution < -0.4 is 0 Å². The lowest BCUT2D eigenvalue weighted by atomic mass is 9.82. The van der Waals surface area contributed by atoms with E-state index in [1.54, 1.807) is 12.1 Å². The second-order valence-electron chi connectivity index (χ2n) is 13.2. The molecule has 1 N–H and O–H groups in total. The Balaban J connectivity index is 0.000000557. The number of hydrogen-bond acceptors (Lipinski definition) is 6. The fourth-order valence-electron chi connectivity index (χ4n) is 3.51. The predicted molar refractivity (Wildman–Crippen MR) is 162 cm³/mol. The number of phenolic OH excluding ortho intramolecular Hbond substituents is 1. The van der Waals surface area contributed by atoms with Crippen LogP contribution in [0.25, 0.3) is 0 Å². The van der Waals surface area contributed by atoms with Gasteiger partial charge in [0.2, 0.25) is 0 Å². The first-order valence-corrected chi connectivity index (χ1v) is 14.7. The van der Waals surface area contributed by atoms with Crippen LogP contribution in [0.2, 0.25) is 0 Å². The summed E-state index contributed by atoms with van der Waals surface area (Å²) in [5.74, 6) is 0.201. The Morgan fingerprint density at radius 2 is 1.31 bits per heavy atom. The van der Waals surface area contributed by atoms with Crippen molar-refractivity contribution in [3.8, 4) is 5.75 Å². The number of rotatable bonds is 10. The highest BCUT2D eigenvalue weighted by atomic mass is 16.6. The van der Waals surface area contributed by atoms with E-state index in [1.807, 2.05) is 72.7 Å². The van der Waals surface area contributed by atoms with E-state index in [1.165, 1.54) is 18.4 Å². The van der Waals surface area contributed by atoms with Crippen molar-refractivity contribution < 1.29 is 24.2 Å². The molecule has 1 aliphatic carbocycles. The van der Waals surface area contributed by atoms with Gasteiger partial charge in [-0.25, -0.2) is 0 Å². The first-order chi connectivity index (χ1) is 17.9. The monoisotopic (exact) mass is 549 g/mol. The maximum Gasteiger partial charge on any atom is 0.312 e. The van der Waals surface area contributed by atoms with Crippen LogP contribution in [0.4, 0.5) is 0 Å². The van der Waals surface area contributed by atoms with Gasteiger partial charge in [-0.2, -0.15) is 0 Å². The molecular formula is C33H59NO5. The molecule has 0 aliphatic heterocycles. The van der Waals surface area contributed by atoms with Crippen molar-refractivity contribution in [2.24, 2.45) is 10.8 Å². The third kappa shape index (κ3) is 13.7. The van der Waals surface area contributed by atoms with Crippen molar-refractivity contribution in [1.82, 2.24) is 4.90 Å². The van der Waals surface area contributed by atoms with Crippen molar-refractivity contribution in [3.05, 3.63) is 29.8 Å². The lowest BCUT2D eigenvalue weighted by Gasteiger charge is -2.29. The second kappa shape index (κ2) is 16.2. The van der Waals surface area contributed by atoms with E-state index in [4.69, 9.17) is 14.6 Å². The van der Waals surface area contributed by atoms with Gasteiger partial charge in [-0.15, -0.1) is 0 Å². The molecule has 226 valence electrons. The van der Waals surface area contributed by atoms with Crippen LogP contribution in [0, 0.1) is 10.8 Å². The van der Waals surface area contributed by atoms with Crippen LogP contribution in [-0.2, 0) is 24.5 Å². The van der Waals surface area contributed by atoms with Crippen molar-refractivity contribution >= 4 is 11.9 Å². The standard InChI is InChI=1S/C12H22O2.C11H16O.C10H21NO2/c1-5-11(2,3)10(13)14-12(4)8-6-7-9-12;1-4-11(2,3)9-5-7-10(12)8-6-9;1-6-10(2,3)9(12)13-8-7-11(4)5/h5-9H2,1-4H3;5-8,12H,4H2,1-3H3;6-8H2,1-5H3. The molecule has 39 heavy (non-hydrogen) atoms. The van der Waals surface area contributed by atoms with Gasteiger partial charge in [0.1, 0.15) is 18.0 Å². The van der Waals surface area contributed by atoms with Gasteiger partial charge in [0, 0.05) is 6.54 Å². The number of nitrogens with zero attached hydrogens (tertiary/aromatic N) is 1. The highest BCUT2D eigenvalue weighted by molar-refractivity contribution is 5.76. The van der Waals surface area contributed by atoms with Gasteiger partial charge in [0.25, 0.3) is 0 Å². The third-order valence-electron chi connectivity index (χ3n) is 8.18. The largest absolute Gasteiger partial charge is 0.508 e. The Morgan fingerprint density at radius 3 is 1.72 bits per heavy atom. The minimum absolute atomic E-state index is 0.0376. The highest BCUT2D eigenvalue weighted by Crippen LogP contribution is 2.35. The van der Waals surface area contributed by atoms with Gasteiger partial charge in [0.15, 0.2) is 0 Å². The van der Waals surface area contributed by atoms with Gasteiger partial charge in [-0.3, -0.25) is 9.59 Å². The molecule has 0 radical (unpaired) electrons. The van der Waals surface area contributed by atoms with Crippen molar-refractivity contribution in [3.63, 3.8) is 0 Å². The molecule has 0 saturated heterocycles. The summed E-state index contributed by atoms with van der Waals surface area (Å²) in [7, 11) is 3.91. The lowest BCUT2D eigenvalue weighted by Crippen LogP contribution is -2.35. The smallest absolute Gasteiger partial charge is 0.312 e. The zero-order valence-corrected chi connectivity index (χ0v) is 27.2. The number of likely N-dealkylation sites (N-methyl/N-ethyl adjacent to an activating group) is 1. The number of phenols is 1. The molecule has 0 unspecified atom stereocenters. The molecule has 0 spiro atoms. The summed E-state index contributed by atoms with van der Waals surface area (Å²) in [4.78, 5) is 25.3. The molecule has 1 fully saturated rings. The van der Waals surface area contributed by atoms with Gasteiger partial charge < -0.3 is 19.5 Å². The van der Waals surface area contributed by atoms with E-state index in [2.05, 4.69) is 27.7 Å². The fraction of sp³-hybridized carbons (Fsp3) is 0.758. The number of esters is 2. The minimum Gasteiger partial charge on any atom is -0.508 e. The van der Waals surface area contributed by atoms with E-state index in [9.17, 15) is 9.59 Å². The van der Waals surface area contributed by atoms with Gasteiger partial charge in [-0.1, -0.05) is 46.8 Å². The summed E-state index contributed by atoms with van der Waals surface area (Å²) < 4.78 is 10.7. The van der Waals surface area contributed by atoms with Crippen molar-refractivity contribution in [2.75, 3.05) is 27.2 Å². The van der Waals surface area contributed by atoms with Crippen LogP contribution in [0.1, 0.15) is 120 Å². The molecule has 1 saturated carbocycles. The van der Waals surface area contributed by atoms with Crippen LogP contribution in [0.3, 0.4) is 0 Å². The Labute approximate surface area is 239 Å². The van der Waals surface area contributed by atoms with Crippen LogP contribution >= 0.6 is 0 Å². The summed E-state index contributed by atoms with van der Waals surface area (Å²) in [6.07, 6.45) is 7.19. The summed E-state index contributed by atoms with van der Waals surface area (Å²) in [5.41, 5.74) is 0.651. The zero-order chi connectivity index (χ0) is 30.5. The van der Waals surface area contributed by atoms with Crippen molar-refractivity contribution in [1.29, 1.82) is 0 Å². The number of aromatic hydroxyl groups is 1. The fourth-order valence-corrected chi connectivity index (χ4v) is 3.51. The summed E-state index contributed by atoms with van der Waals surface area (Å²) in [5, 5.41) is 9.10. The number of hydrogen-bond donors (Lipinski definition) is 1. The first kappa shape index (κ1) is 36.9. The zero-order valence-electron chi connectivity index (χ0n) is 27.2. The van der Waals surface area contributed by atoms with Gasteiger partial charge >= 0.3 is 11.9 Å². The average molecular weight is 550 g/mol. The van der Waals surface area contributed by atoms with Crippen LogP contribution in [-0.4, -0.2) is 54.8 Å². The molecule has 0 bridgehead atoms. The summed E-state index contributed by atoms with van der Waals surface area (Å²) >= 11 is 0. The topological polar surface area (TPSA) is 76.1 Å². The minimum atomic E-state index is -0.341. The van der Waals surface area contributed by atoms with E-state index in [0.29, 0.717) is 12.4 Å². The number of ether oxygens (including phenoxy) is 2. The van der Waals surface area contributed by atoms with Crippen LogP contribution in [0.15, 0.2) is 24.3 Å². The quantitative estimate of drug-likeness (QED) is 0.299. The SMILES string of the molecule is CCC(C)(C)C(=O)OC1(C)CCCC1.CCC(C)(C)C(=O)OCCN(C)C.CCC(C)(C)c1ccc(O)cc1. The molecule has 0 aromatic heterocycles. The van der Waals surface area contributed by atoms with Gasteiger partial charge in [0.05, 0.1) is 10.8 Å². The number of benzene rings is 1. The Bertz CT molecular complexity index is 849. The molecule has 1 aromatic carbocycles. The van der Waals surface area contributed by atoms with E-state index >= 15 is 0 Å². The van der Waals surface area contributed by atoms with Crippen LogP contribution in [0.5, 0.6) is 5.75 Å². The first-order valence-electron chi connectivity index (χ1n) is 14.7. The van der Waals surface area contributed by atoms with Crippen molar-refractivity contribution in [2.45, 2.75) is 125 Å². The van der Waals surface area contributed by atoms with E-state index in [-0.39, 0.29) is 33.8 Å². The molecule has 0 heterocycles. The number of carbonyl (C=O) groups excluding carboxylic acids is 2. The molecular weight excluding hydrogens is 490 g/mol. The second-order valence-corrected chi connectivity index (χ2v) is 13.2. The highest BCUT2D eigenvalue weighted by Gasteiger charge is 2.37. The predicted octanol–water partition coefficient (Wildman–Crippen LogP) is 7.91. The lowest BCUT2D eigenvalue weighted by molar-refractivity contribution is -0.168. The van der Waals surface area contributed by atoms with Gasteiger partial charge in [-0.05, 0) is 117 Å². The van der Waals surface area contributed by atoms with E-state index < -0.39 is 0 Å². The summed E-state index contributed by atoms with van der Waals surface area (Å²) in [6.45, 7) is 21.7. The molecule has 6 nitrogen and oxygen atoms in total.